The molecule has 0 aromatic carbocycles. The molecule has 0 atom stereocenters. The summed E-state index contributed by atoms with van der Waals surface area (Å²) in [6.45, 7) is 4.93. The number of hydrogen-bond donors (Lipinski definition) is 0. The molecule has 0 N–H and O–H groups in total. The summed E-state index contributed by atoms with van der Waals surface area (Å²) in [6, 6.07) is 3.76. The molecular formula is C18H25NO4. The van der Waals surface area contributed by atoms with E-state index < -0.39 is 5.60 Å². The summed E-state index contributed by atoms with van der Waals surface area (Å²) >= 11 is 0. The Morgan fingerprint density at radius 1 is 1.17 bits per heavy atom. The van der Waals surface area contributed by atoms with Gasteiger partial charge in [0.25, 0.3) is 0 Å². The van der Waals surface area contributed by atoms with Crippen molar-refractivity contribution in [3.05, 3.63) is 24.0 Å². The highest BCUT2D eigenvalue weighted by molar-refractivity contribution is 5.33. The van der Waals surface area contributed by atoms with Gasteiger partial charge in [0, 0.05) is 27.1 Å². The van der Waals surface area contributed by atoms with Gasteiger partial charge in [0.15, 0.2) is 0 Å². The summed E-state index contributed by atoms with van der Waals surface area (Å²) in [5.74, 6) is 6.89. The van der Waals surface area contributed by atoms with Crippen LogP contribution in [0.15, 0.2) is 18.3 Å². The van der Waals surface area contributed by atoms with Gasteiger partial charge in [-0.3, -0.25) is 0 Å². The number of ether oxygens (including phenoxy) is 4. The third-order valence-corrected chi connectivity index (χ3v) is 3.67. The van der Waals surface area contributed by atoms with Crippen molar-refractivity contribution in [1.82, 2.24) is 4.98 Å². The Labute approximate surface area is 138 Å². The second-order valence-electron chi connectivity index (χ2n) is 6.05. The van der Waals surface area contributed by atoms with Crippen LogP contribution in [0.5, 0.6) is 5.75 Å². The molecule has 1 saturated carbocycles. The van der Waals surface area contributed by atoms with E-state index in [9.17, 15) is 0 Å². The number of rotatable bonds is 7. The molecule has 0 spiro atoms. The molecule has 23 heavy (non-hydrogen) atoms. The molecular weight excluding hydrogens is 294 g/mol. The van der Waals surface area contributed by atoms with Gasteiger partial charge in [-0.25, -0.2) is 4.98 Å². The predicted octanol–water partition coefficient (Wildman–Crippen LogP) is 2.43. The van der Waals surface area contributed by atoms with Gasteiger partial charge >= 0.3 is 0 Å². The zero-order valence-electron chi connectivity index (χ0n) is 14.3. The molecule has 1 aromatic rings. The molecule has 5 nitrogen and oxygen atoms in total. The second kappa shape index (κ2) is 8.30. The normalized spacial score (nSPS) is 20.3. The number of hydrogen-bond acceptors (Lipinski definition) is 5. The highest BCUT2D eigenvalue weighted by Gasteiger charge is 2.30. The van der Waals surface area contributed by atoms with Crippen LogP contribution in [0.3, 0.4) is 0 Å². The minimum Gasteiger partial charge on any atom is -0.489 e. The quantitative estimate of drug-likeness (QED) is 0.571. The standard InChI is InChI=1S/C18H25NO4/c1-18(2,22-10-9-20-3)8-7-14-5-6-15(13-19-14)23-17-11-16(12-17)21-4/h5-6,13,16-17H,9-12H2,1-4H3. The van der Waals surface area contributed by atoms with E-state index in [-0.39, 0.29) is 6.10 Å². The predicted molar refractivity (Wildman–Crippen MR) is 87.5 cm³/mol. The molecule has 0 saturated heterocycles. The summed E-state index contributed by atoms with van der Waals surface area (Å²) in [4.78, 5) is 4.32. The van der Waals surface area contributed by atoms with Gasteiger partial charge in [-0.1, -0.05) is 5.92 Å². The van der Waals surface area contributed by atoms with Gasteiger partial charge in [0.1, 0.15) is 23.1 Å². The first kappa shape index (κ1) is 17.7. The lowest BCUT2D eigenvalue weighted by Crippen LogP contribution is -2.38. The molecule has 126 valence electrons. The highest BCUT2D eigenvalue weighted by Crippen LogP contribution is 2.27. The van der Waals surface area contributed by atoms with Crippen LogP contribution in [0.1, 0.15) is 32.4 Å². The maximum absolute atomic E-state index is 5.82. The number of aromatic nitrogens is 1. The monoisotopic (exact) mass is 319 g/mol. The molecule has 5 heteroatoms. The summed E-state index contributed by atoms with van der Waals surface area (Å²) in [7, 11) is 3.38. The molecule has 0 amide bonds. The first-order valence-corrected chi connectivity index (χ1v) is 7.84. The molecule has 0 unspecified atom stereocenters. The van der Waals surface area contributed by atoms with Gasteiger partial charge in [0.2, 0.25) is 0 Å². The molecule has 0 bridgehead atoms. The third kappa shape index (κ3) is 5.83. The average Bonchev–Trinajstić information content (AvgIpc) is 2.50. The number of nitrogens with zero attached hydrogens (tertiary/aromatic N) is 1. The average molecular weight is 319 g/mol. The molecule has 1 fully saturated rings. The third-order valence-electron chi connectivity index (χ3n) is 3.67. The largest absolute Gasteiger partial charge is 0.489 e. The Kier molecular flexibility index (Phi) is 6.40. The number of pyridine rings is 1. The van der Waals surface area contributed by atoms with Crippen LogP contribution in [0.25, 0.3) is 0 Å². The van der Waals surface area contributed by atoms with E-state index in [2.05, 4.69) is 16.8 Å². The van der Waals surface area contributed by atoms with Crippen LogP contribution in [0, 0.1) is 11.8 Å². The molecule has 1 heterocycles. The van der Waals surface area contributed by atoms with E-state index in [1.807, 2.05) is 26.0 Å². The fourth-order valence-electron chi connectivity index (χ4n) is 2.15. The van der Waals surface area contributed by atoms with E-state index in [1.165, 1.54) is 0 Å². The second-order valence-corrected chi connectivity index (χ2v) is 6.05. The van der Waals surface area contributed by atoms with Crippen molar-refractivity contribution in [2.45, 2.75) is 44.5 Å². The van der Waals surface area contributed by atoms with Crippen molar-refractivity contribution in [2.24, 2.45) is 0 Å². The smallest absolute Gasteiger partial charge is 0.138 e. The van der Waals surface area contributed by atoms with Gasteiger partial charge in [-0.15, -0.1) is 0 Å². The van der Waals surface area contributed by atoms with Crippen LogP contribution in [-0.2, 0) is 14.2 Å². The molecule has 0 aliphatic heterocycles. The summed E-state index contributed by atoms with van der Waals surface area (Å²) in [5.41, 5.74) is 0.167. The first-order chi connectivity index (χ1) is 11.0. The summed E-state index contributed by atoms with van der Waals surface area (Å²) in [5, 5.41) is 0. The van der Waals surface area contributed by atoms with Gasteiger partial charge in [0.05, 0.1) is 25.5 Å². The van der Waals surface area contributed by atoms with Crippen LogP contribution in [0.2, 0.25) is 0 Å². The van der Waals surface area contributed by atoms with E-state index in [0.29, 0.717) is 25.0 Å². The van der Waals surface area contributed by atoms with E-state index in [1.54, 1.807) is 20.4 Å². The van der Waals surface area contributed by atoms with E-state index in [4.69, 9.17) is 18.9 Å². The van der Waals surface area contributed by atoms with Crippen molar-refractivity contribution in [3.8, 4) is 17.6 Å². The van der Waals surface area contributed by atoms with Crippen LogP contribution in [0.4, 0.5) is 0 Å². The molecule has 1 aliphatic carbocycles. The molecule has 0 radical (unpaired) electrons. The zero-order valence-corrected chi connectivity index (χ0v) is 14.3. The molecule has 1 aromatic heterocycles. The van der Waals surface area contributed by atoms with Gasteiger partial charge in [-0.2, -0.15) is 0 Å². The van der Waals surface area contributed by atoms with E-state index in [0.717, 1.165) is 18.6 Å². The zero-order chi connectivity index (χ0) is 16.7. The van der Waals surface area contributed by atoms with Gasteiger partial charge in [-0.05, 0) is 31.9 Å². The fourth-order valence-corrected chi connectivity index (χ4v) is 2.15. The Bertz CT molecular complexity index is 538. The molecule has 1 aliphatic rings. The Hall–Kier alpha value is -1.61. The maximum atomic E-state index is 5.82. The van der Waals surface area contributed by atoms with Crippen LogP contribution in [-0.4, -0.2) is 50.2 Å². The van der Waals surface area contributed by atoms with Gasteiger partial charge < -0.3 is 18.9 Å². The van der Waals surface area contributed by atoms with Crippen molar-refractivity contribution in [2.75, 3.05) is 27.4 Å². The fraction of sp³-hybridized carbons (Fsp3) is 0.611. The Morgan fingerprint density at radius 3 is 2.57 bits per heavy atom. The van der Waals surface area contributed by atoms with Crippen molar-refractivity contribution in [1.29, 1.82) is 0 Å². The minimum atomic E-state index is -0.531. The lowest BCUT2D eigenvalue weighted by atomic mass is 9.92. The lowest BCUT2D eigenvalue weighted by Gasteiger charge is -2.33. The van der Waals surface area contributed by atoms with Crippen molar-refractivity contribution < 1.29 is 18.9 Å². The highest BCUT2D eigenvalue weighted by atomic mass is 16.5. The summed E-state index contributed by atoms with van der Waals surface area (Å²) in [6.07, 6.45) is 4.14. The lowest BCUT2D eigenvalue weighted by molar-refractivity contribution is -0.0382. The minimum absolute atomic E-state index is 0.229. The summed E-state index contributed by atoms with van der Waals surface area (Å²) < 4.78 is 21.7. The molecule has 2 rings (SSSR count). The maximum Gasteiger partial charge on any atom is 0.138 e. The van der Waals surface area contributed by atoms with Crippen molar-refractivity contribution in [3.63, 3.8) is 0 Å². The topological polar surface area (TPSA) is 49.8 Å². The Morgan fingerprint density at radius 2 is 1.96 bits per heavy atom. The Balaban J connectivity index is 1.84. The SMILES string of the molecule is COCCOC(C)(C)C#Cc1ccc(OC2CC(OC)C2)cn1. The van der Waals surface area contributed by atoms with E-state index >= 15 is 0 Å². The van der Waals surface area contributed by atoms with Crippen LogP contribution < -0.4 is 4.74 Å². The number of methoxy groups -OCH3 is 2. The van der Waals surface area contributed by atoms with Crippen molar-refractivity contribution >= 4 is 0 Å². The van der Waals surface area contributed by atoms with Crippen LogP contribution >= 0.6 is 0 Å². The first-order valence-electron chi connectivity index (χ1n) is 7.84.